The molecular formula is C25H31ClFNO3. The van der Waals surface area contributed by atoms with Crippen molar-refractivity contribution in [2.24, 2.45) is 5.92 Å². The molecule has 0 spiro atoms. The van der Waals surface area contributed by atoms with Gasteiger partial charge in [0.15, 0.2) is 11.5 Å². The zero-order valence-electron chi connectivity index (χ0n) is 17.8. The second-order valence-corrected chi connectivity index (χ2v) is 8.12. The molecule has 2 heterocycles. The minimum absolute atomic E-state index is 0. The molecule has 2 aliphatic heterocycles. The van der Waals surface area contributed by atoms with Crippen LogP contribution in [0.1, 0.15) is 37.2 Å². The van der Waals surface area contributed by atoms with Crippen molar-refractivity contribution < 1.29 is 18.6 Å². The second-order valence-electron chi connectivity index (χ2n) is 8.12. The fraction of sp³-hybridized carbons (Fsp3) is 0.440. The largest absolute Gasteiger partial charge is 0.493 e. The summed E-state index contributed by atoms with van der Waals surface area (Å²) in [7, 11) is 0. The number of fused-ring (bicyclic) bond motifs is 1. The Kier molecular flexibility index (Phi) is 8.61. The maximum Gasteiger partial charge on any atom is 0.231 e. The van der Waals surface area contributed by atoms with E-state index in [0.29, 0.717) is 18.4 Å². The predicted molar refractivity (Wildman–Crippen MR) is 123 cm³/mol. The lowest BCUT2D eigenvalue weighted by Crippen LogP contribution is -2.42. The second kappa shape index (κ2) is 11.4. The number of ether oxygens (including phenoxy) is 3. The molecule has 1 fully saturated rings. The Hall–Kier alpha value is -2.24. The predicted octanol–water partition coefficient (Wildman–Crippen LogP) is 5.82. The third-order valence-corrected chi connectivity index (χ3v) is 6.06. The minimum atomic E-state index is -0.188. The highest BCUT2D eigenvalue weighted by atomic mass is 35.5. The monoisotopic (exact) mass is 447 g/mol. The number of likely N-dealkylation sites (tertiary alicyclic amines) is 1. The number of rotatable bonds is 9. The number of hydrogen-bond acceptors (Lipinski definition) is 4. The number of hydrogen-bond donors (Lipinski definition) is 0. The zero-order valence-corrected chi connectivity index (χ0v) is 18.6. The van der Waals surface area contributed by atoms with E-state index in [-0.39, 0.29) is 25.0 Å². The lowest BCUT2D eigenvalue weighted by atomic mass is 9.80. The average Bonchev–Trinajstić information content (AvgIpc) is 3.24. The maximum absolute atomic E-state index is 13.4. The summed E-state index contributed by atoms with van der Waals surface area (Å²) in [6.07, 6.45) is 6.48. The van der Waals surface area contributed by atoms with Gasteiger partial charge in [0.25, 0.3) is 0 Å². The van der Waals surface area contributed by atoms with Crippen molar-refractivity contribution in [2.45, 2.75) is 31.6 Å². The van der Waals surface area contributed by atoms with Crippen LogP contribution in [0.4, 0.5) is 4.39 Å². The van der Waals surface area contributed by atoms with E-state index in [2.05, 4.69) is 11.5 Å². The molecular weight excluding hydrogens is 417 g/mol. The van der Waals surface area contributed by atoms with Crippen molar-refractivity contribution in [3.8, 4) is 17.2 Å². The molecule has 6 heteroatoms. The fourth-order valence-corrected chi connectivity index (χ4v) is 4.42. The molecule has 0 radical (unpaired) electrons. The summed E-state index contributed by atoms with van der Waals surface area (Å²) in [6, 6.07) is 12.7. The van der Waals surface area contributed by atoms with Crippen molar-refractivity contribution in [3.05, 3.63) is 66.5 Å². The highest BCUT2D eigenvalue weighted by molar-refractivity contribution is 5.85. The smallest absolute Gasteiger partial charge is 0.231 e. The van der Waals surface area contributed by atoms with Gasteiger partial charge in [0.2, 0.25) is 6.79 Å². The van der Waals surface area contributed by atoms with Crippen LogP contribution in [0.25, 0.3) is 0 Å². The van der Waals surface area contributed by atoms with Gasteiger partial charge in [-0.2, -0.15) is 0 Å². The van der Waals surface area contributed by atoms with Gasteiger partial charge in [0.05, 0.1) is 6.61 Å². The van der Waals surface area contributed by atoms with Crippen LogP contribution in [-0.2, 0) is 0 Å². The average molecular weight is 448 g/mol. The molecule has 0 N–H and O–H groups in total. The number of halogens is 2. The quantitative estimate of drug-likeness (QED) is 0.358. The van der Waals surface area contributed by atoms with Gasteiger partial charge in [-0.3, -0.25) is 0 Å². The summed E-state index contributed by atoms with van der Waals surface area (Å²) in [5, 5.41) is 0. The Morgan fingerprint density at radius 3 is 2.71 bits per heavy atom. The van der Waals surface area contributed by atoms with Crippen LogP contribution >= 0.6 is 12.4 Å². The standard InChI is InChI=1S/C25H30FNO3.ClH/c1-2-3-4-5-13-27-14-12-23(19-6-8-21(26)9-7-19)20(16-27)17-28-22-10-11-24-25(15-22)30-18-29-24;/h2,6-11,15,20,23H,1,3-5,12-14,16-18H2;1H/t20-,23-;/m0./s1. The summed E-state index contributed by atoms with van der Waals surface area (Å²) in [5.74, 6) is 2.80. The Morgan fingerprint density at radius 1 is 1.10 bits per heavy atom. The summed E-state index contributed by atoms with van der Waals surface area (Å²) in [4.78, 5) is 2.54. The van der Waals surface area contributed by atoms with Gasteiger partial charge in [-0.15, -0.1) is 19.0 Å². The van der Waals surface area contributed by atoms with Crippen molar-refractivity contribution in [1.82, 2.24) is 4.90 Å². The minimum Gasteiger partial charge on any atom is -0.493 e. The van der Waals surface area contributed by atoms with Crippen LogP contribution in [0.2, 0.25) is 0 Å². The lowest BCUT2D eigenvalue weighted by molar-refractivity contribution is 0.109. The molecule has 2 aromatic rings. The van der Waals surface area contributed by atoms with Crippen LogP contribution in [0.5, 0.6) is 17.2 Å². The Bertz CT molecular complexity index is 845. The SMILES string of the molecule is C=CCCCCN1CC[C@@H](c2ccc(F)cc2)[C@H](COc2ccc3c(c2)OCO3)C1.Cl. The first-order valence-electron chi connectivity index (χ1n) is 10.8. The van der Waals surface area contributed by atoms with Gasteiger partial charge in [-0.25, -0.2) is 4.39 Å². The Balaban J connectivity index is 0.00000272. The fourth-order valence-electron chi connectivity index (χ4n) is 4.42. The van der Waals surface area contributed by atoms with Crippen molar-refractivity contribution in [3.63, 3.8) is 0 Å². The highest BCUT2D eigenvalue weighted by Gasteiger charge is 2.31. The van der Waals surface area contributed by atoms with E-state index in [4.69, 9.17) is 14.2 Å². The molecule has 31 heavy (non-hydrogen) atoms. The first kappa shape index (κ1) is 23.4. The zero-order chi connectivity index (χ0) is 20.8. The number of benzene rings is 2. The molecule has 0 aliphatic carbocycles. The molecule has 2 atom stereocenters. The molecule has 4 rings (SSSR count). The van der Waals surface area contributed by atoms with Gasteiger partial charge >= 0.3 is 0 Å². The van der Waals surface area contributed by atoms with E-state index < -0.39 is 0 Å². The molecule has 2 aromatic carbocycles. The molecule has 168 valence electrons. The van der Waals surface area contributed by atoms with Crippen molar-refractivity contribution >= 4 is 12.4 Å². The molecule has 0 bridgehead atoms. The lowest BCUT2D eigenvalue weighted by Gasteiger charge is -2.39. The van der Waals surface area contributed by atoms with Crippen LogP contribution in [0, 0.1) is 11.7 Å². The van der Waals surface area contributed by atoms with Gasteiger partial charge in [-0.1, -0.05) is 18.2 Å². The van der Waals surface area contributed by atoms with Gasteiger partial charge in [-0.05, 0) is 74.5 Å². The van der Waals surface area contributed by atoms with Crippen LogP contribution in [-0.4, -0.2) is 37.9 Å². The first-order valence-corrected chi connectivity index (χ1v) is 10.8. The maximum atomic E-state index is 13.4. The summed E-state index contributed by atoms with van der Waals surface area (Å²) in [5.41, 5.74) is 1.20. The molecule has 4 nitrogen and oxygen atoms in total. The van der Waals surface area contributed by atoms with Crippen molar-refractivity contribution in [1.29, 1.82) is 0 Å². The van der Waals surface area contributed by atoms with E-state index in [0.717, 1.165) is 49.7 Å². The van der Waals surface area contributed by atoms with E-state index in [9.17, 15) is 4.39 Å². The first-order chi connectivity index (χ1) is 14.7. The molecule has 1 saturated heterocycles. The van der Waals surface area contributed by atoms with E-state index in [1.165, 1.54) is 18.4 Å². The molecule has 0 aromatic heterocycles. The van der Waals surface area contributed by atoms with Crippen molar-refractivity contribution in [2.75, 3.05) is 33.0 Å². The van der Waals surface area contributed by atoms with E-state index in [1.807, 2.05) is 36.4 Å². The Labute approximate surface area is 190 Å². The van der Waals surface area contributed by atoms with Gasteiger partial charge in [0.1, 0.15) is 11.6 Å². The van der Waals surface area contributed by atoms with Gasteiger partial charge in [0, 0.05) is 18.5 Å². The molecule has 0 unspecified atom stereocenters. The summed E-state index contributed by atoms with van der Waals surface area (Å²) >= 11 is 0. The van der Waals surface area contributed by atoms with E-state index in [1.54, 1.807) is 12.1 Å². The highest BCUT2D eigenvalue weighted by Crippen LogP contribution is 2.37. The number of piperidine rings is 1. The Morgan fingerprint density at radius 2 is 1.90 bits per heavy atom. The molecule has 0 saturated carbocycles. The third-order valence-electron chi connectivity index (χ3n) is 6.06. The van der Waals surface area contributed by atoms with Gasteiger partial charge < -0.3 is 19.1 Å². The normalized spacial score (nSPS) is 20.2. The van der Waals surface area contributed by atoms with Crippen LogP contribution in [0.3, 0.4) is 0 Å². The third kappa shape index (κ3) is 6.14. The molecule has 2 aliphatic rings. The van der Waals surface area contributed by atoms with Crippen LogP contribution < -0.4 is 14.2 Å². The number of nitrogens with zero attached hydrogens (tertiary/aromatic N) is 1. The molecule has 0 amide bonds. The number of unbranched alkanes of at least 4 members (excludes halogenated alkanes) is 2. The topological polar surface area (TPSA) is 30.9 Å². The summed E-state index contributed by atoms with van der Waals surface area (Å²) in [6.45, 7) is 7.84. The number of allylic oxidation sites excluding steroid dienone is 1. The summed E-state index contributed by atoms with van der Waals surface area (Å²) < 4.78 is 30.5. The van der Waals surface area contributed by atoms with E-state index >= 15 is 0 Å². The van der Waals surface area contributed by atoms with Crippen LogP contribution in [0.15, 0.2) is 55.1 Å².